The van der Waals surface area contributed by atoms with Crippen LogP contribution in [0.5, 0.6) is 0 Å². The second kappa shape index (κ2) is 6.75. The number of allylic oxidation sites excluding steroid dienone is 2. The SMILES string of the molecule is CC(NCC(F)(F)CNC(=O)OC(C)(C)C)C1CC2C=CC1C2. The highest BCUT2D eigenvalue weighted by Crippen LogP contribution is 2.44. The molecule has 6 heteroatoms. The number of alkyl carbamates (subject to hydrolysis) is 1. The topological polar surface area (TPSA) is 50.4 Å². The second-order valence-electron chi connectivity index (χ2n) is 7.83. The van der Waals surface area contributed by atoms with Gasteiger partial charge in [0.25, 0.3) is 5.92 Å². The van der Waals surface area contributed by atoms with E-state index in [4.69, 9.17) is 4.74 Å². The molecule has 4 nitrogen and oxygen atoms in total. The van der Waals surface area contributed by atoms with Gasteiger partial charge in [0, 0.05) is 6.04 Å². The minimum atomic E-state index is -3.00. The van der Waals surface area contributed by atoms with Gasteiger partial charge in [0.05, 0.1) is 13.1 Å². The summed E-state index contributed by atoms with van der Waals surface area (Å²) in [5.74, 6) is -1.42. The van der Waals surface area contributed by atoms with Crippen LogP contribution >= 0.6 is 0 Å². The monoisotopic (exact) mass is 330 g/mol. The maximum Gasteiger partial charge on any atom is 0.407 e. The normalized spacial score (nSPS) is 28.0. The molecular weight excluding hydrogens is 302 g/mol. The zero-order valence-corrected chi connectivity index (χ0v) is 14.4. The number of alkyl halides is 2. The molecule has 0 radical (unpaired) electrons. The Morgan fingerprint density at radius 2 is 1.96 bits per heavy atom. The largest absolute Gasteiger partial charge is 0.444 e. The predicted octanol–water partition coefficient (Wildman–Crippen LogP) is 3.34. The van der Waals surface area contributed by atoms with Gasteiger partial charge < -0.3 is 15.4 Å². The molecule has 0 saturated heterocycles. The Labute approximate surface area is 137 Å². The van der Waals surface area contributed by atoms with Crippen LogP contribution in [0.25, 0.3) is 0 Å². The molecule has 1 saturated carbocycles. The lowest BCUT2D eigenvalue weighted by molar-refractivity contribution is -0.00684. The van der Waals surface area contributed by atoms with Crippen molar-refractivity contribution in [3.05, 3.63) is 12.2 Å². The summed E-state index contributed by atoms with van der Waals surface area (Å²) in [6.07, 6.45) is 5.89. The summed E-state index contributed by atoms with van der Waals surface area (Å²) in [7, 11) is 0. The van der Waals surface area contributed by atoms with Gasteiger partial charge >= 0.3 is 6.09 Å². The molecule has 0 aliphatic heterocycles. The van der Waals surface area contributed by atoms with Crippen LogP contribution < -0.4 is 10.6 Å². The lowest BCUT2D eigenvalue weighted by atomic mass is 9.87. The summed E-state index contributed by atoms with van der Waals surface area (Å²) in [6.45, 7) is 5.88. The number of amides is 1. The highest BCUT2D eigenvalue weighted by atomic mass is 19.3. The minimum absolute atomic E-state index is 0.0438. The Bertz CT molecular complexity index is 460. The Morgan fingerprint density at radius 3 is 2.48 bits per heavy atom. The molecule has 1 fully saturated rings. The third-order valence-electron chi connectivity index (χ3n) is 4.55. The molecule has 2 rings (SSSR count). The number of rotatable bonds is 6. The number of hydrogen-bond acceptors (Lipinski definition) is 3. The van der Waals surface area contributed by atoms with Crippen LogP contribution in [-0.4, -0.2) is 36.7 Å². The predicted molar refractivity (Wildman–Crippen MR) is 85.5 cm³/mol. The van der Waals surface area contributed by atoms with Crippen molar-refractivity contribution in [2.75, 3.05) is 13.1 Å². The van der Waals surface area contributed by atoms with Gasteiger partial charge in [0.1, 0.15) is 5.60 Å². The van der Waals surface area contributed by atoms with Gasteiger partial charge in [-0.2, -0.15) is 0 Å². The number of fused-ring (bicyclic) bond motifs is 2. The smallest absolute Gasteiger partial charge is 0.407 e. The maximum absolute atomic E-state index is 13.9. The van der Waals surface area contributed by atoms with Crippen LogP contribution in [0.15, 0.2) is 12.2 Å². The van der Waals surface area contributed by atoms with E-state index >= 15 is 0 Å². The summed E-state index contributed by atoms with van der Waals surface area (Å²) in [5, 5.41) is 5.08. The number of halogens is 2. The van der Waals surface area contributed by atoms with Crippen molar-refractivity contribution in [2.45, 2.75) is 58.1 Å². The van der Waals surface area contributed by atoms with Crippen molar-refractivity contribution >= 4 is 6.09 Å². The zero-order chi connectivity index (χ0) is 17.3. The molecule has 2 bridgehead atoms. The molecule has 0 aromatic carbocycles. The summed E-state index contributed by atoms with van der Waals surface area (Å²) in [6, 6.07) is 0.0438. The Kier molecular flexibility index (Phi) is 5.33. The Hall–Kier alpha value is -1.17. The molecule has 2 N–H and O–H groups in total. The highest BCUT2D eigenvalue weighted by molar-refractivity contribution is 5.67. The first-order valence-electron chi connectivity index (χ1n) is 8.32. The second-order valence-corrected chi connectivity index (χ2v) is 7.83. The van der Waals surface area contributed by atoms with Gasteiger partial charge in [-0.05, 0) is 58.3 Å². The first-order valence-corrected chi connectivity index (χ1v) is 8.32. The lowest BCUT2D eigenvalue weighted by Gasteiger charge is -2.28. The van der Waals surface area contributed by atoms with E-state index in [0.29, 0.717) is 17.8 Å². The van der Waals surface area contributed by atoms with Crippen molar-refractivity contribution in [1.29, 1.82) is 0 Å². The number of ether oxygens (including phenoxy) is 1. The molecule has 2 aliphatic carbocycles. The van der Waals surface area contributed by atoms with Gasteiger partial charge in [-0.3, -0.25) is 0 Å². The van der Waals surface area contributed by atoms with E-state index in [1.165, 1.54) is 0 Å². The molecule has 0 aromatic rings. The van der Waals surface area contributed by atoms with Crippen molar-refractivity contribution < 1.29 is 18.3 Å². The van der Waals surface area contributed by atoms with Crippen LogP contribution in [0.4, 0.5) is 13.6 Å². The summed E-state index contributed by atoms with van der Waals surface area (Å²) < 4.78 is 32.8. The molecule has 0 aromatic heterocycles. The van der Waals surface area contributed by atoms with Crippen LogP contribution in [0.3, 0.4) is 0 Å². The van der Waals surface area contributed by atoms with Gasteiger partial charge in [-0.25, -0.2) is 13.6 Å². The first kappa shape index (κ1) is 18.2. The molecule has 4 atom stereocenters. The fourth-order valence-corrected chi connectivity index (χ4v) is 3.44. The van der Waals surface area contributed by atoms with E-state index in [9.17, 15) is 13.6 Å². The van der Waals surface area contributed by atoms with E-state index in [-0.39, 0.29) is 6.04 Å². The fourth-order valence-electron chi connectivity index (χ4n) is 3.44. The van der Waals surface area contributed by atoms with Crippen molar-refractivity contribution in [3.63, 3.8) is 0 Å². The number of carbonyl (C=O) groups excluding carboxylic acids is 1. The third-order valence-corrected chi connectivity index (χ3v) is 4.55. The zero-order valence-electron chi connectivity index (χ0n) is 14.4. The number of hydrogen-bond donors (Lipinski definition) is 2. The number of nitrogens with one attached hydrogen (secondary N) is 2. The van der Waals surface area contributed by atoms with Crippen LogP contribution in [0.1, 0.15) is 40.5 Å². The van der Waals surface area contributed by atoms with Crippen molar-refractivity contribution in [2.24, 2.45) is 17.8 Å². The van der Waals surface area contributed by atoms with Crippen molar-refractivity contribution in [3.8, 4) is 0 Å². The van der Waals surface area contributed by atoms with Crippen LogP contribution in [-0.2, 0) is 4.74 Å². The van der Waals surface area contributed by atoms with E-state index in [2.05, 4.69) is 22.8 Å². The van der Waals surface area contributed by atoms with Crippen molar-refractivity contribution in [1.82, 2.24) is 10.6 Å². The maximum atomic E-state index is 13.9. The van der Waals surface area contributed by atoms with E-state index in [1.807, 2.05) is 6.92 Å². The molecule has 0 heterocycles. The van der Waals surface area contributed by atoms with Gasteiger partial charge in [-0.1, -0.05) is 12.2 Å². The summed E-state index contributed by atoms with van der Waals surface area (Å²) in [5.41, 5.74) is -0.693. The molecule has 2 aliphatic rings. The van der Waals surface area contributed by atoms with E-state index in [1.54, 1.807) is 20.8 Å². The molecule has 132 valence electrons. The fraction of sp³-hybridized carbons (Fsp3) is 0.824. The standard InChI is InChI=1S/C17H28F2N2O2/c1-11(14-8-12-5-6-13(14)7-12)20-9-17(18,19)10-21-15(22)23-16(2,3)4/h5-6,11-14,20H,7-10H2,1-4H3,(H,21,22). The quantitative estimate of drug-likeness (QED) is 0.735. The van der Waals surface area contributed by atoms with Gasteiger partial charge in [0.15, 0.2) is 0 Å². The Morgan fingerprint density at radius 1 is 1.26 bits per heavy atom. The van der Waals surface area contributed by atoms with Gasteiger partial charge in [-0.15, -0.1) is 0 Å². The summed E-state index contributed by atoms with van der Waals surface area (Å²) >= 11 is 0. The molecule has 0 spiro atoms. The van der Waals surface area contributed by atoms with E-state index < -0.39 is 30.7 Å². The van der Waals surface area contributed by atoms with E-state index in [0.717, 1.165) is 12.8 Å². The van der Waals surface area contributed by atoms with Crippen LogP contribution in [0, 0.1) is 17.8 Å². The molecule has 1 amide bonds. The molecule has 4 unspecified atom stereocenters. The number of carbonyl (C=O) groups is 1. The molecule has 23 heavy (non-hydrogen) atoms. The highest BCUT2D eigenvalue weighted by Gasteiger charge is 2.39. The third kappa shape index (κ3) is 5.44. The first-order chi connectivity index (χ1) is 10.6. The van der Waals surface area contributed by atoms with Crippen LogP contribution in [0.2, 0.25) is 0 Å². The minimum Gasteiger partial charge on any atom is -0.444 e. The molecular formula is C17H28F2N2O2. The van der Waals surface area contributed by atoms with Gasteiger partial charge in [0.2, 0.25) is 0 Å². The average molecular weight is 330 g/mol. The lowest BCUT2D eigenvalue weighted by Crippen LogP contribution is -2.48. The Balaban J connectivity index is 1.71. The summed E-state index contributed by atoms with van der Waals surface area (Å²) in [4.78, 5) is 11.4. The average Bonchev–Trinajstić information content (AvgIpc) is 3.03.